The first-order chi connectivity index (χ1) is 13.4. The van der Waals surface area contributed by atoms with Crippen LogP contribution in [0.2, 0.25) is 5.02 Å². The second-order valence-electron chi connectivity index (χ2n) is 7.00. The number of benzene rings is 3. The minimum Gasteiger partial charge on any atom is -0.355 e. The molecule has 0 saturated heterocycles. The lowest BCUT2D eigenvalue weighted by Crippen LogP contribution is -2.01. The average molecular weight is 406 g/mol. The number of rotatable bonds is 4. The highest BCUT2D eigenvalue weighted by Crippen LogP contribution is 2.35. The van der Waals surface area contributed by atoms with Crippen LogP contribution in [0.1, 0.15) is 31.2 Å². The fourth-order valence-corrected chi connectivity index (χ4v) is 4.69. The zero-order valence-corrected chi connectivity index (χ0v) is 17.5. The molecule has 0 spiro atoms. The first kappa shape index (κ1) is 18.7. The van der Waals surface area contributed by atoms with Crippen molar-refractivity contribution in [3.63, 3.8) is 0 Å². The van der Waals surface area contributed by atoms with Crippen LogP contribution >= 0.6 is 22.9 Å². The Kier molecular flexibility index (Phi) is 4.96. The summed E-state index contributed by atoms with van der Waals surface area (Å²) in [4.78, 5) is 15.1. The quantitative estimate of drug-likeness (QED) is 0.357. The SMILES string of the molecule is Cc1ccc2c(C(=O)c3ccc(Nc4ccccc4C)cc3Cl)sc(C)c2c1. The molecule has 4 heteroatoms. The topological polar surface area (TPSA) is 29.1 Å². The molecule has 1 aromatic heterocycles. The number of carbonyl (C=O) groups is 1. The van der Waals surface area contributed by atoms with E-state index < -0.39 is 0 Å². The third-order valence-corrected chi connectivity index (χ3v) is 6.35. The molecule has 0 atom stereocenters. The lowest BCUT2D eigenvalue weighted by atomic mass is 10.0. The Morgan fingerprint density at radius 2 is 1.71 bits per heavy atom. The Morgan fingerprint density at radius 1 is 0.929 bits per heavy atom. The van der Waals surface area contributed by atoms with Crippen molar-refractivity contribution < 1.29 is 4.79 Å². The van der Waals surface area contributed by atoms with Gasteiger partial charge in [0.1, 0.15) is 0 Å². The second-order valence-corrected chi connectivity index (χ2v) is 8.63. The van der Waals surface area contributed by atoms with Gasteiger partial charge in [-0.05, 0) is 56.0 Å². The Bertz CT molecular complexity index is 1210. The molecule has 0 saturated carbocycles. The molecule has 1 heterocycles. The maximum atomic E-state index is 13.2. The second kappa shape index (κ2) is 7.42. The van der Waals surface area contributed by atoms with Crippen molar-refractivity contribution in [3.8, 4) is 0 Å². The molecule has 4 rings (SSSR count). The molecule has 0 radical (unpaired) electrons. The Labute approximate surface area is 173 Å². The molecule has 2 nitrogen and oxygen atoms in total. The number of carbonyl (C=O) groups excluding carboxylic acids is 1. The highest BCUT2D eigenvalue weighted by molar-refractivity contribution is 7.16. The van der Waals surface area contributed by atoms with E-state index in [9.17, 15) is 4.79 Å². The molecule has 1 N–H and O–H groups in total. The standard InChI is InChI=1S/C24H20ClNOS/c1-14-8-10-18-20(12-14)16(3)28-24(18)23(27)19-11-9-17(13-21(19)25)26-22-7-5-4-6-15(22)2/h4-13,26H,1-3H3. The third-order valence-electron chi connectivity index (χ3n) is 4.90. The summed E-state index contributed by atoms with van der Waals surface area (Å²) >= 11 is 8.04. The molecule has 0 aliphatic rings. The molecule has 4 aromatic rings. The zero-order chi connectivity index (χ0) is 19.8. The largest absolute Gasteiger partial charge is 0.355 e. The Morgan fingerprint density at radius 3 is 2.46 bits per heavy atom. The van der Waals surface area contributed by atoms with Gasteiger partial charge in [0.2, 0.25) is 5.78 Å². The van der Waals surface area contributed by atoms with E-state index in [0.717, 1.165) is 37.5 Å². The van der Waals surface area contributed by atoms with Gasteiger partial charge in [-0.1, -0.05) is 53.6 Å². The molecule has 0 amide bonds. The van der Waals surface area contributed by atoms with Gasteiger partial charge < -0.3 is 5.32 Å². The number of thiophene rings is 1. The molecule has 0 aliphatic heterocycles. The van der Waals surface area contributed by atoms with Gasteiger partial charge in [0.15, 0.2) is 0 Å². The fourth-order valence-electron chi connectivity index (χ4n) is 3.35. The van der Waals surface area contributed by atoms with Gasteiger partial charge in [0.05, 0.1) is 9.90 Å². The minimum absolute atomic E-state index is 0.0283. The van der Waals surface area contributed by atoms with Gasteiger partial charge in [-0.15, -0.1) is 11.3 Å². The Balaban J connectivity index is 1.68. The maximum absolute atomic E-state index is 13.2. The first-order valence-corrected chi connectivity index (χ1v) is 10.3. The third kappa shape index (κ3) is 3.44. The number of anilines is 2. The molecular formula is C24H20ClNOS. The van der Waals surface area contributed by atoms with Crippen molar-refractivity contribution in [2.75, 3.05) is 5.32 Å². The molecule has 0 fully saturated rings. The minimum atomic E-state index is -0.0283. The van der Waals surface area contributed by atoms with Crippen molar-refractivity contribution >= 4 is 50.9 Å². The fraction of sp³-hybridized carbons (Fsp3) is 0.125. The van der Waals surface area contributed by atoms with E-state index in [1.54, 1.807) is 6.07 Å². The number of ketones is 1. The number of halogens is 1. The molecule has 28 heavy (non-hydrogen) atoms. The van der Waals surface area contributed by atoms with Crippen LogP contribution in [0.5, 0.6) is 0 Å². The van der Waals surface area contributed by atoms with Crippen LogP contribution in [0.25, 0.3) is 10.8 Å². The first-order valence-electron chi connectivity index (χ1n) is 9.10. The molecular weight excluding hydrogens is 386 g/mol. The van der Waals surface area contributed by atoms with E-state index in [2.05, 4.69) is 25.2 Å². The molecule has 0 aliphatic carbocycles. The lowest BCUT2D eigenvalue weighted by Gasteiger charge is -2.11. The summed E-state index contributed by atoms with van der Waals surface area (Å²) in [5.74, 6) is -0.0283. The predicted octanol–water partition coefficient (Wildman–Crippen LogP) is 7.45. The van der Waals surface area contributed by atoms with Crippen molar-refractivity contribution in [2.45, 2.75) is 20.8 Å². The van der Waals surface area contributed by atoms with Crippen molar-refractivity contribution in [1.82, 2.24) is 0 Å². The summed E-state index contributed by atoms with van der Waals surface area (Å²) in [5.41, 5.74) is 4.75. The van der Waals surface area contributed by atoms with E-state index in [-0.39, 0.29) is 5.78 Å². The highest BCUT2D eigenvalue weighted by Gasteiger charge is 2.19. The van der Waals surface area contributed by atoms with Gasteiger partial charge in [0, 0.05) is 27.2 Å². The Hall–Kier alpha value is -2.62. The van der Waals surface area contributed by atoms with Gasteiger partial charge in [-0.2, -0.15) is 0 Å². The van der Waals surface area contributed by atoms with Crippen molar-refractivity contribution in [3.05, 3.63) is 92.1 Å². The summed E-state index contributed by atoms with van der Waals surface area (Å²) in [6.45, 7) is 6.17. The molecule has 140 valence electrons. The number of aryl methyl sites for hydroxylation is 3. The van der Waals surface area contributed by atoms with E-state index >= 15 is 0 Å². The van der Waals surface area contributed by atoms with Gasteiger partial charge in [-0.3, -0.25) is 4.79 Å². The number of nitrogens with one attached hydrogen (secondary N) is 1. The van der Waals surface area contributed by atoms with Gasteiger partial charge >= 0.3 is 0 Å². The van der Waals surface area contributed by atoms with Crippen LogP contribution in [0.15, 0.2) is 60.7 Å². The smallest absolute Gasteiger partial charge is 0.205 e. The number of hydrogen-bond donors (Lipinski definition) is 1. The molecule has 0 bridgehead atoms. The zero-order valence-electron chi connectivity index (χ0n) is 16.0. The van der Waals surface area contributed by atoms with Crippen LogP contribution < -0.4 is 5.32 Å². The normalized spacial score (nSPS) is 11.0. The average Bonchev–Trinajstić information content (AvgIpc) is 2.99. The summed E-state index contributed by atoms with van der Waals surface area (Å²) in [7, 11) is 0. The van der Waals surface area contributed by atoms with E-state index in [1.165, 1.54) is 16.9 Å². The summed E-state index contributed by atoms with van der Waals surface area (Å²) < 4.78 is 0. The van der Waals surface area contributed by atoms with Crippen LogP contribution in [0.4, 0.5) is 11.4 Å². The monoisotopic (exact) mass is 405 g/mol. The predicted molar refractivity (Wildman–Crippen MR) is 121 cm³/mol. The van der Waals surface area contributed by atoms with E-state index in [0.29, 0.717) is 10.6 Å². The van der Waals surface area contributed by atoms with E-state index in [1.807, 2.05) is 55.5 Å². The van der Waals surface area contributed by atoms with Crippen LogP contribution in [0, 0.1) is 20.8 Å². The summed E-state index contributed by atoms with van der Waals surface area (Å²) in [6.07, 6.45) is 0. The van der Waals surface area contributed by atoms with Crippen molar-refractivity contribution in [1.29, 1.82) is 0 Å². The van der Waals surface area contributed by atoms with Crippen LogP contribution in [-0.4, -0.2) is 5.78 Å². The summed E-state index contributed by atoms with van der Waals surface area (Å²) in [6, 6.07) is 19.8. The number of hydrogen-bond acceptors (Lipinski definition) is 3. The highest BCUT2D eigenvalue weighted by atomic mass is 35.5. The number of fused-ring (bicyclic) bond motifs is 1. The maximum Gasteiger partial charge on any atom is 0.205 e. The van der Waals surface area contributed by atoms with Crippen LogP contribution in [-0.2, 0) is 0 Å². The van der Waals surface area contributed by atoms with Gasteiger partial charge in [-0.25, -0.2) is 0 Å². The molecule has 0 unspecified atom stereocenters. The lowest BCUT2D eigenvalue weighted by molar-refractivity contribution is 0.104. The van der Waals surface area contributed by atoms with E-state index in [4.69, 9.17) is 11.6 Å². The molecule has 3 aromatic carbocycles. The number of para-hydroxylation sites is 1. The summed E-state index contributed by atoms with van der Waals surface area (Å²) in [5, 5.41) is 5.96. The van der Waals surface area contributed by atoms with Crippen LogP contribution in [0.3, 0.4) is 0 Å². The van der Waals surface area contributed by atoms with Gasteiger partial charge in [0.25, 0.3) is 0 Å². The van der Waals surface area contributed by atoms with Crippen molar-refractivity contribution in [2.24, 2.45) is 0 Å².